The molecule has 1 aliphatic carbocycles. The Balaban J connectivity index is 1.40. The van der Waals surface area contributed by atoms with Gasteiger partial charge in [0.05, 0.1) is 16.8 Å². The molecule has 7 nitrogen and oxygen atoms in total. The van der Waals surface area contributed by atoms with Crippen molar-refractivity contribution in [3.63, 3.8) is 0 Å². The quantitative estimate of drug-likeness (QED) is 0.280. The van der Waals surface area contributed by atoms with Crippen LogP contribution in [0.2, 0.25) is 0 Å². The lowest BCUT2D eigenvalue weighted by atomic mass is 9.72. The van der Waals surface area contributed by atoms with Crippen molar-refractivity contribution in [1.82, 2.24) is 28.6 Å². The molecule has 218 valence electrons. The second-order valence-electron chi connectivity index (χ2n) is 11.5. The molecule has 1 aliphatic heterocycles. The number of imidazole rings is 1. The maximum Gasteiger partial charge on any atom is 0.418 e. The van der Waals surface area contributed by atoms with Gasteiger partial charge in [-0.1, -0.05) is 25.5 Å². The predicted octanol–water partition coefficient (Wildman–Crippen LogP) is 5.65. The number of benzene rings is 1. The monoisotopic (exact) mass is 574 g/mol. The van der Waals surface area contributed by atoms with Crippen molar-refractivity contribution in [3.8, 4) is 5.69 Å². The summed E-state index contributed by atoms with van der Waals surface area (Å²) in [5, 5.41) is 8.36. The molecule has 0 spiro atoms. The largest absolute Gasteiger partial charge is 0.418 e. The van der Waals surface area contributed by atoms with E-state index >= 15 is 0 Å². The summed E-state index contributed by atoms with van der Waals surface area (Å²) in [5.41, 5.74) is -0.240. The minimum Gasteiger partial charge on any atom is -0.320 e. The molecule has 1 aromatic carbocycles. The zero-order valence-corrected chi connectivity index (χ0v) is 22.8. The van der Waals surface area contributed by atoms with Crippen LogP contribution in [0.1, 0.15) is 61.0 Å². The molecule has 0 bridgehead atoms. The van der Waals surface area contributed by atoms with Gasteiger partial charge in [-0.15, -0.1) is 10.2 Å². The molecule has 2 aliphatic rings. The molecule has 3 aromatic heterocycles. The van der Waals surface area contributed by atoms with Gasteiger partial charge in [0, 0.05) is 57.3 Å². The highest BCUT2D eigenvalue weighted by Crippen LogP contribution is 2.43. The van der Waals surface area contributed by atoms with E-state index in [1.54, 1.807) is 23.4 Å². The number of rotatable bonds is 6. The summed E-state index contributed by atoms with van der Waals surface area (Å²) in [4.78, 5) is 15.3. The van der Waals surface area contributed by atoms with Gasteiger partial charge in [-0.2, -0.15) is 13.2 Å². The Hall–Kier alpha value is -3.54. The molecule has 1 saturated heterocycles. The summed E-state index contributed by atoms with van der Waals surface area (Å²) in [6, 6.07) is 8.30. The van der Waals surface area contributed by atoms with Gasteiger partial charge in [-0.05, 0) is 48.1 Å². The SMILES string of the molecule is C[C@@H]1CN(Cc2cc(C(F)(F)F)c3cn(-c4cccc([C@H](c5nncn5C)C5CCC5)c4)c(=O)n3c2)CCC1(F)F. The third kappa shape index (κ3) is 5.06. The summed E-state index contributed by atoms with van der Waals surface area (Å²) in [5.74, 6) is -2.61. The van der Waals surface area contributed by atoms with Crippen molar-refractivity contribution < 1.29 is 22.0 Å². The smallest absolute Gasteiger partial charge is 0.320 e. The molecule has 0 unspecified atom stereocenters. The predicted molar refractivity (Wildman–Crippen MR) is 142 cm³/mol. The Bertz CT molecular complexity index is 1630. The van der Waals surface area contributed by atoms with Crippen LogP contribution in [0, 0.1) is 11.8 Å². The normalized spacial score (nSPS) is 20.8. The topological polar surface area (TPSA) is 60.4 Å². The van der Waals surface area contributed by atoms with Gasteiger partial charge in [0.15, 0.2) is 0 Å². The Labute approximate surface area is 233 Å². The minimum atomic E-state index is -4.72. The van der Waals surface area contributed by atoms with E-state index in [1.165, 1.54) is 23.9 Å². The van der Waals surface area contributed by atoms with Gasteiger partial charge in [0.2, 0.25) is 0 Å². The molecule has 0 amide bonds. The lowest BCUT2D eigenvalue weighted by molar-refractivity contribution is -0.136. The fourth-order valence-electron chi connectivity index (χ4n) is 6.16. The molecule has 0 radical (unpaired) electrons. The zero-order chi connectivity index (χ0) is 29.1. The summed E-state index contributed by atoms with van der Waals surface area (Å²) in [7, 11) is 1.88. The molecule has 2 atom stereocenters. The van der Waals surface area contributed by atoms with Gasteiger partial charge in [-0.25, -0.2) is 13.6 Å². The standard InChI is InChI=1S/C29H31F5N6O/c1-18-13-38(10-9-28(18,30)31)14-19-11-23(29(32,33)34)24-16-39(27(41)40(24)15-19)22-8-4-7-21(12-22)25(20-5-3-6-20)26-36-35-17-37(26)2/h4,7-8,11-12,15-18,20,25H,3,5-6,9-10,13-14H2,1-2H3/t18-,25-/m1/s1. The molecular weight excluding hydrogens is 543 g/mol. The average molecular weight is 575 g/mol. The van der Waals surface area contributed by atoms with E-state index in [9.17, 15) is 26.7 Å². The third-order valence-electron chi connectivity index (χ3n) is 8.70. The fourth-order valence-corrected chi connectivity index (χ4v) is 6.16. The highest BCUT2D eigenvalue weighted by atomic mass is 19.4. The summed E-state index contributed by atoms with van der Waals surface area (Å²) >= 11 is 0. The first-order valence-electron chi connectivity index (χ1n) is 13.8. The Morgan fingerprint density at radius 3 is 2.56 bits per heavy atom. The van der Waals surface area contributed by atoms with Crippen molar-refractivity contribution in [2.24, 2.45) is 18.9 Å². The maximum absolute atomic E-state index is 14.2. The molecule has 1 saturated carbocycles. The zero-order valence-electron chi connectivity index (χ0n) is 22.8. The van der Waals surface area contributed by atoms with E-state index in [2.05, 4.69) is 10.2 Å². The number of aromatic nitrogens is 5. The Morgan fingerprint density at radius 1 is 1.15 bits per heavy atom. The van der Waals surface area contributed by atoms with Crippen LogP contribution in [0.25, 0.3) is 11.2 Å². The highest BCUT2D eigenvalue weighted by Gasteiger charge is 2.41. The third-order valence-corrected chi connectivity index (χ3v) is 8.70. The molecule has 2 fully saturated rings. The second-order valence-corrected chi connectivity index (χ2v) is 11.5. The van der Waals surface area contributed by atoms with E-state index in [0.29, 0.717) is 11.6 Å². The lowest BCUT2D eigenvalue weighted by Crippen LogP contribution is -2.45. The number of nitrogens with zero attached hydrogens (tertiary/aromatic N) is 6. The first kappa shape index (κ1) is 27.6. The maximum atomic E-state index is 14.2. The molecule has 12 heteroatoms. The summed E-state index contributed by atoms with van der Waals surface area (Å²) < 4.78 is 74.7. The van der Waals surface area contributed by atoms with Crippen LogP contribution in [-0.4, -0.2) is 47.6 Å². The van der Waals surface area contributed by atoms with Crippen molar-refractivity contribution in [3.05, 3.63) is 82.1 Å². The second kappa shape index (κ2) is 10.1. The van der Waals surface area contributed by atoms with Crippen molar-refractivity contribution in [1.29, 1.82) is 0 Å². The van der Waals surface area contributed by atoms with Gasteiger partial charge in [0.1, 0.15) is 12.2 Å². The van der Waals surface area contributed by atoms with Crippen molar-refractivity contribution in [2.75, 3.05) is 13.1 Å². The van der Waals surface area contributed by atoms with Crippen LogP contribution in [0.4, 0.5) is 22.0 Å². The Kier molecular flexibility index (Phi) is 6.79. The van der Waals surface area contributed by atoms with Crippen LogP contribution in [0.15, 0.2) is 53.8 Å². The van der Waals surface area contributed by atoms with Gasteiger partial charge in [0.25, 0.3) is 5.92 Å². The Morgan fingerprint density at radius 2 is 1.93 bits per heavy atom. The molecule has 4 heterocycles. The fraction of sp³-hybridized carbons (Fsp3) is 0.483. The van der Waals surface area contributed by atoms with Crippen molar-refractivity contribution >= 4 is 5.52 Å². The van der Waals surface area contributed by atoms with E-state index < -0.39 is 29.3 Å². The summed E-state index contributed by atoms with van der Waals surface area (Å²) in [6.07, 6.45) is 2.36. The number of pyridine rings is 1. The molecular formula is C29H31F5N6O. The summed E-state index contributed by atoms with van der Waals surface area (Å²) in [6.45, 7) is 1.60. The molecule has 6 rings (SSSR count). The lowest BCUT2D eigenvalue weighted by Gasteiger charge is -2.36. The highest BCUT2D eigenvalue weighted by molar-refractivity contribution is 5.58. The van der Waals surface area contributed by atoms with E-state index in [-0.39, 0.29) is 43.1 Å². The number of aryl methyl sites for hydroxylation is 1. The molecule has 0 N–H and O–H groups in total. The number of fused-ring (bicyclic) bond motifs is 1. The number of halogens is 5. The van der Waals surface area contributed by atoms with Crippen LogP contribution in [-0.2, 0) is 19.8 Å². The van der Waals surface area contributed by atoms with Gasteiger partial charge >= 0.3 is 11.9 Å². The van der Waals surface area contributed by atoms with E-state index in [4.69, 9.17) is 0 Å². The number of hydrogen-bond donors (Lipinski definition) is 0. The van der Waals surface area contributed by atoms with Crippen LogP contribution < -0.4 is 5.69 Å². The number of piperidine rings is 1. The number of likely N-dealkylation sites (tertiary alicyclic amines) is 1. The van der Waals surface area contributed by atoms with Crippen LogP contribution >= 0.6 is 0 Å². The number of alkyl halides is 5. The van der Waals surface area contributed by atoms with Gasteiger partial charge < -0.3 is 4.57 Å². The molecule has 41 heavy (non-hydrogen) atoms. The van der Waals surface area contributed by atoms with E-state index in [1.807, 2.05) is 23.7 Å². The van der Waals surface area contributed by atoms with Crippen LogP contribution in [0.3, 0.4) is 0 Å². The van der Waals surface area contributed by atoms with Crippen molar-refractivity contribution in [2.45, 2.75) is 57.2 Å². The van der Waals surface area contributed by atoms with E-state index in [0.717, 1.165) is 41.1 Å². The number of hydrogen-bond acceptors (Lipinski definition) is 4. The first-order valence-corrected chi connectivity index (χ1v) is 13.8. The van der Waals surface area contributed by atoms with Crippen LogP contribution in [0.5, 0.6) is 0 Å². The minimum absolute atomic E-state index is 0.0350. The average Bonchev–Trinajstić information content (AvgIpc) is 3.45. The molecule has 4 aromatic rings. The first-order chi connectivity index (χ1) is 19.4. The van der Waals surface area contributed by atoms with Gasteiger partial charge in [-0.3, -0.25) is 13.9 Å².